The third-order valence-electron chi connectivity index (χ3n) is 2.81. The van der Waals surface area contributed by atoms with E-state index in [1.807, 2.05) is 0 Å². The van der Waals surface area contributed by atoms with E-state index in [2.05, 4.69) is 15.5 Å². The number of nitrogens with one attached hydrogen (secondary N) is 1. The zero-order valence-corrected chi connectivity index (χ0v) is 12.5. The highest BCUT2D eigenvalue weighted by Crippen LogP contribution is 2.26. The van der Waals surface area contributed by atoms with Crippen LogP contribution in [0.5, 0.6) is 5.75 Å². The Hall–Kier alpha value is -3.29. The first-order valence-electron chi connectivity index (χ1n) is 6.65. The number of hydrogen-bond acceptors (Lipinski definition) is 6. The Kier molecular flexibility index (Phi) is 4.98. The topological polar surface area (TPSA) is 107 Å². The number of benzene rings is 1. The SMILES string of the molecule is CC(=O)Nc1cc(O/N=C(\C)c2ccncc2)cc([N+](=O)[O-])c1. The van der Waals surface area contributed by atoms with Gasteiger partial charge in [0, 0.05) is 37.0 Å². The predicted molar refractivity (Wildman–Crippen MR) is 84.5 cm³/mol. The molecule has 0 unspecified atom stereocenters. The first kappa shape index (κ1) is 16.1. The van der Waals surface area contributed by atoms with Gasteiger partial charge in [0.05, 0.1) is 22.4 Å². The normalized spacial score (nSPS) is 11.0. The van der Waals surface area contributed by atoms with Gasteiger partial charge in [-0.15, -0.1) is 0 Å². The molecule has 1 heterocycles. The van der Waals surface area contributed by atoms with Crippen molar-refractivity contribution in [3.8, 4) is 5.75 Å². The van der Waals surface area contributed by atoms with Crippen LogP contribution in [0.15, 0.2) is 47.9 Å². The summed E-state index contributed by atoms with van der Waals surface area (Å²) in [5.41, 5.74) is 1.45. The molecule has 1 amide bonds. The van der Waals surface area contributed by atoms with E-state index in [0.717, 1.165) is 5.56 Å². The Balaban J connectivity index is 2.26. The zero-order valence-electron chi connectivity index (χ0n) is 12.5. The number of carbonyl (C=O) groups is 1. The second-order valence-electron chi connectivity index (χ2n) is 4.66. The summed E-state index contributed by atoms with van der Waals surface area (Å²) < 4.78 is 0. The summed E-state index contributed by atoms with van der Waals surface area (Å²) in [6, 6.07) is 7.46. The second-order valence-corrected chi connectivity index (χ2v) is 4.66. The molecule has 8 nitrogen and oxygen atoms in total. The van der Waals surface area contributed by atoms with E-state index < -0.39 is 4.92 Å². The van der Waals surface area contributed by atoms with Crippen LogP contribution in [-0.4, -0.2) is 21.5 Å². The maximum absolute atomic E-state index is 11.1. The number of anilines is 1. The summed E-state index contributed by atoms with van der Waals surface area (Å²) in [7, 11) is 0. The van der Waals surface area contributed by atoms with Crippen LogP contribution in [0.25, 0.3) is 0 Å². The van der Waals surface area contributed by atoms with Gasteiger partial charge in [-0.3, -0.25) is 19.9 Å². The third-order valence-corrected chi connectivity index (χ3v) is 2.81. The van der Waals surface area contributed by atoms with Gasteiger partial charge in [-0.1, -0.05) is 5.16 Å². The van der Waals surface area contributed by atoms with Crippen molar-refractivity contribution in [1.29, 1.82) is 0 Å². The number of rotatable bonds is 5. The van der Waals surface area contributed by atoms with Crippen molar-refractivity contribution >= 4 is 23.0 Å². The Morgan fingerprint density at radius 1 is 1.26 bits per heavy atom. The molecule has 8 heteroatoms. The number of non-ortho nitro benzene ring substituents is 1. The molecule has 1 aromatic carbocycles. The molecule has 0 saturated carbocycles. The summed E-state index contributed by atoms with van der Waals surface area (Å²) in [5.74, 6) is -0.190. The first-order valence-corrected chi connectivity index (χ1v) is 6.65. The van der Waals surface area contributed by atoms with E-state index in [4.69, 9.17) is 4.84 Å². The van der Waals surface area contributed by atoms with Crippen molar-refractivity contribution in [2.45, 2.75) is 13.8 Å². The molecular weight excluding hydrogens is 300 g/mol. The summed E-state index contributed by atoms with van der Waals surface area (Å²) in [4.78, 5) is 30.6. The van der Waals surface area contributed by atoms with Crippen molar-refractivity contribution in [3.05, 3.63) is 58.4 Å². The minimum Gasteiger partial charge on any atom is -0.356 e. The number of nitro groups is 1. The standard InChI is InChI=1S/C15H14N4O4/c1-10(12-3-5-16-6-4-12)18-23-15-8-13(17-11(2)20)7-14(9-15)19(21)22/h3-9H,1-2H3,(H,17,20)/b18-10+. The molecule has 0 radical (unpaired) electrons. The maximum atomic E-state index is 11.1. The molecule has 0 aliphatic rings. The number of carbonyl (C=O) groups excluding carboxylic acids is 1. The molecule has 0 aliphatic heterocycles. The fourth-order valence-corrected chi connectivity index (χ4v) is 1.78. The van der Waals surface area contributed by atoms with Crippen molar-refractivity contribution in [2.75, 3.05) is 5.32 Å². The van der Waals surface area contributed by atoms with Crippen LogP contribution >= 0.6 is 0 Å². The molecule has 0 atom stereocenters. The number of nitro benzene ring substituents is 1. The Morgan fingerprint density at radius 3 is 2.57 bits per heavy atom. The average molecular weight is 314 g/mol. The molecule has 2 rings (SSSR count). The van der Waals surface area contributed by atoms with Crippen LogP contribution in [0, 0.1) is 10.1 Å². The minimum atomic E-state index is -0.572. The summed E-state index contributed by atoms with van der Waals surface area (Å²) in [6.07, 6.45) is 3.24. The van der Waals surface area contributed by atoms with Gasteiger partial charge in [0.1, 0.15) is 0 Å². The van der Waals surface area contributed by atoms with Crippen LogP contribution < -0.4 is 10.2 Å². The number of nitrogens with zero attached hydrogens (tertiary/aromatic N) is 3. The third kappa shape index (κ3) is 4.60. The van der Waals surface area contributed by atoms with E-state index in [1.165, 1.54) is 25.1 Å². The zero-order chi connectivity index (χ0) is 16.8. The maximum Gasteiger partial charge on any atom is 0.275 e. The van der Waals surface area contributed by atoms with E-state index in [0.29, 0.717) is 5.71 Å². The molecule has 0 fully saturated rings. The van der Waals surface area contributed by atoms with Crippen molar-refractivity contribution in [3.63, 3.8) is 0 Å². The van der Waals surface area contributed by atoms with Crippen LogP contribution in [0.3, 0.4) is 0 Å². The van der Waals surface area contributed by atoms with Crippen LogP contribution in [0.4, 0.5) is 11.4 Å². The Morgan fingerprint density at radius 2 is 1.96 bits per heavy atom. The van der Waals surface area contributed by atoms with E-state index in [9.17, 15) is 14.9 Å². The molecule has 23 heavy (non-hydrogen) atoms. The minimum absolute atomic E-state index is 0.149. The van der Waals surface area contributed by atoms with Crippen molar-refractivity contribution < 1.29 is 14.6 Å². The second kappa shape index (κ2) is 7.12. The first-order chi connectivity index (χ1) is 11.0. The predicted octanol–water partition coefficient (Wildman–Crippen LogP) is 2.75. The smallest absolute Gasteiger partial charge is 0.275 e. The van der Waals surface area contributed by atoms with Crippen molar-refractivity contribution in [1.82, 2.24) is 4.98 Å². The largest absolute Gasteiger partial charge is 0.356 e. The Labute approximate surface area is 131 Å². The van der Waals surface area contributed by atoms with E-state index >= 15 is 0 Å². The highest BCUT2D eigenvalue weighted by molar-refractivity contribution is 5.98. The summed E-state index contributed by atoms with van der Waals surface area (Å²) >= 11 is 0. The van der Waals surface area contributed by atoms with Gasteiger partial charge in [0.25, 0.3) is 5.69 Å². The van der Waals surface area contributed by atoms with Crippen molar-refractivity contribution in [2.24, 2.45) is 5.16 Å². The lowest BCUT2D eigenvalue weighted by atomic mass is 10.2. The van der Waals surface area contributed by atoms with E-state index in [-0.39, 0.29) is 23.0 Å². The average Bonchev–Trinajstić information content (AvgIpc) is 2.52. The molecule has 1 N–H and O–H groups in total. The van der Waals surface area contributed by atoms with Gasteiger partial charge in [0.15, 0.2) is 5.75 Å². The van der Waals surface area contributed by atoms with Gasteiger partial charge in [-0.05, 0) is 19.1 Å². The molecular formula is C15H14N4O4. The number of pyridine rings is 1. The van der Waals surface area contributed by atoms with Crippen LogP contribution in [0.1, 0.15) is 19.4 Å². The molecule has 0 bridgehead atoms. The number of amides is 1. The van der Waals surface area contributed by atoms with Gasteiger partial charge in [0.2, 0.25) is 5.91 Å². The number of hydrogen-bond donors (Lipinski definition) is 1. The fourth-order valence-electron chi connectivity index (χ4n) is 1.78. The number of oxime groups is 1. The lowest BCUT2D eigenvalue weighted by Gasteiger charge is -2.06. The lowest BCUT2D eigenvalue weighted by molar-refractivity contribution is -0.384. The molecule has 0 spiro atoms. The van der Waals surface area contributed by atoms with E-state index in [1.54, 1.807) is 31.5 Å². The quantitative estimate of drug-likeness (QED) is 0.519. The molecule has 118 valence electrons. The van der Waals surface area contributed by atoms with Crippen LogP contribution in [-0.2, 0) is 4.79 Å². The summed E-state index contributed by atoms with van der Waals surface area (Å²) in [6.45, 7) is 3.05. The molecule has 0 aliphatic carbocycles. The highest BCUT2D eigenvalue weighted by Gasteiger charge is 2.12. The number of aromatic nitrogens is 1. The molecule has 1 aromatic heterocycles. The van der Waals surface area contributed by atoms with Crippen LogP contribution in [0.2, 0.25) is 0 Å². The van der Waals surface area contributed by atoms with Gasteiger partial charge >= 0.3 is 0 Å². The highest BCUT2D eigenvalue weighted by atomic mass is 16.6. The Bertz CT molecular complexity index is 759. The lowest BCUT2D eigenvalue weighted by Crippen LogP contribution is -2.06. The van der Waals surface area contributed by atoms with Gasteiger partial charge < -0.3 is 10.2 Å². The van der Waals surface area contributed by atoms with Gasteiger partial charge in [-0.2, -0.15) is 0 Å². The molecule has 2 aromatic rings. The summed E-state index contributed by atoms with van der Waals surface area (Å²) in [5, 5.41) is 17.4. The fraction of sp³-hybridized carbons (Fsp3) is 0.133. The monoisotopic (exact) mass is 314 g/mol. The van der Waals surface area contributed by atoms with Gasteiger partial charge in [-0.25, -0.2) is 0 Å². The molecule has 0 saturated heterocycles.